The van der Waals surface area contributed by atoms with E-state index in [0.29, 0.717) is 17.7 Å². The maximum Gasteiger partial charge on any atom is 0.327 e. The van der Waals surface area contributed by atoms with Crippen LogP contribution in [0.25, 0.3) is 0 Å². The van der Waals surface area contributed by atoms with E-state index in [-0.39, 0.29) is 5.97 Å². The molecule has 0 aromatic heterocycles. The Morgan fingerprint density at radius 2 is 2.10 bits per heavy atom. The standard InChI is InChI=1S/C17H24ClNO2/c1-3-21-17(20)16(19-14-7-5-4-6-8-14)15-10-9-13(18)11-12(15)2/h9-11,14,16,19H,3-8H2,1-2H3. The van der Waals surface area contributed by atoms with Crippen molar-refractivity contribution in [2.75, 3.05) is 6.61 Å². The fourth-order valence-corrected chi connectivity index (χ4v) is 3.21. The number of carbonyl (C=O) groups is 1. The molecule has 3 nitrogen and oxygen atoms in total. The molecule has 0 heterocycles. The summed E-state index contributed by atoms with van der Waals surface area (Å²) in [6.45, 7) is 4.22. The van der Waals surface area contributed by atoms with Crippen LogP contribution >= 0.6 is 11.6 Å². The van der Waals surface area contributed by atoms with Gasteiger partial charge in [-0.25, -0.2) is 4.79 Å². The third kappa shape index (κ3) is 4.45. The number of esters is 1. The molecule has 0 radical (unpaired) electrons. The first-order valence-electron chi connectivity index (χ1n) is 7.80. The van der Waals surface area contributed by atoms with Crippen molar-refractivity contribution in [3.05, 3.63) is 34.3 Å². The number of carbonyl (C=O) groups excluding carboxylic acids is 1. The summed E-state index contributed by atoms with van der Waals surface area (Å²) in [5.74, 6) is -0.200. The lowest BCUT2D eigenvalue weighted by Crippen LogP contribution is -2.39. The lowest BCUT2D eigenvalue weighted by molar-refractivity contribution is -0.146. The maximum absolute atomic E-state index is 12.3. The molecule has 1 fully saturated rings. The summed E-state index contributed by atoms with van der Waals surface area (Å²) in [7, 11) is 0. The van der Waals surface area contributed by atoms with Gasteiger partial charge in [0, 0.05) is 11.1 Å². The van der Waals surface area contributed by atoms with Gasteiger partial charge in [-0.3, -0.25) is 5.32 Å². The van der Waals surface area contributed by atoms with Crippen molar-refractivity contribution in [2.24, 2.45) is 0 Å². The number of nitrogens with one attached hydrogen (secondary N) is 1. The van der Waals surface area contributed by atoms with E-state index >= 15 is 0 Å². The Bertz CT molecular complexity index is 484. The fraction of sp³-hybridized carbons (Fsp3) is 0.588. The second kappa shape index (κ2) is 7.81. The Balaban J connectivity index is 2.19. The molecule has 1 aliphatic rings. The van der Waals surface area contributed by atoms with Gasteiger partial charge in [0.1, 0.15) is 6.04 Å². The summed E-state index contributed by atoms with van der Waals surface area (Å²) in [5, 5.41) is 4.19. The Morgan fingerprint density at radius 3 is 2.71 bits per heavy atom. The average Bonchev–Trinajstić information content (AvgIpc) is 2.47. The highest BCUT2D eigenvalue weighted by atomic mass is 35.5. The topological polar surface area (TPSA) is 38.3 Å². The van der Waals surface area contributed by atoms with Gasteiger partial charge < -0.3 is 4.74 Å². The summed E-state index contributed by atoms with van der Waals surface area (Å²) in [6, 6.07) is 5.65. The van der Waals surface area contributed by atoms with E-state index in [0.717, 1.165) is 24.0 Å². The summed E-state index contributed by atoms with van der Waals surface area (Å²) in [5.41, 5.74) is 1.98. The number of benzene rings is 1. The number of rotatable bonds is 5. The van der Waals surface area contributed by atoms with Gasteiger partial charge in [0.05, 0.1) is 6.61 Å². The largest absolute Gasteiger partial charge is 0.465 e. The third-order valence-corrected chi connectivity index (χ3v) is 4.31. The van der Waals surface area contributed by atoms with Crippen molar-refractivity contribution >= 4 is 17.6 Å². The smallest absolute Gasteiger partial charge is 0.327 e. The van der Waals surface area contributed by atoms with Crippen molar-refractivity contribution < 1.29 is 9.53 Å². The maximum atomic E-state index is 12.3. The Kier molecular flexibility index (Phi) is 6.07. The number of hydrogen-bond acceptors (Lipinski definition) is 3. The molecule has 4 heteroatoms. The van der Waals surface area contributed by atoms with Crippen LogP contribution in [0, 0.1) is 6.92 Å². The minimum absolute atomic E-state index is 0.200. The molecule has 1 unspecified atom stereocenters. The fourth-order valence-electron chi connectivity index (χ4n) is 2.98. The molecule has 1 N–H and O–H groups in total. The summed E-state index contributed by atoms with van der Waals surface area (Å²) >= 11 is 6.02. The highest BCUT2D eigenvalue weighted by Crippen LogP contribution is 2.26. The first-order chi connectivity index (χ1) is 10.1. The van der Waals surface area contributed by atoms with E-state index in [1.54, 1.807) is 0 Å². The lowest BCUT2D eigenvalue weighted by Gasteiger charge is -2.28. The normalized spacial score (nSPS) is 17.5. The van der Waals surface area contributed by atoms with Gasteiger partial charge in [-0.1, -0.05) is 36.9 Å². The summed E-state index contributed by atoms with van der Waals surface area (Å²) in [6.07, 6.45) is 6.01. The van der Waals surface area contributed by atoms with E-state index in [1.807, 2.05) is 32.0 Å². The molecule has 2 rings (SSSR count). The predicted octanol–water partition coefficient (Wildman–Crippen LogP) is 4.17. The first kappa shape index (κ1) is 16.3. The predicted molar refractivity (Wildman–Crippen MR) is 85.6 cm³/mol. The quantitative estimate of drug-likeness (QED) is 0.829. The molecule has 0 aliphatic heterocycles. The number of ether oxygens (including phenoxy) is 1. The lowest BCUT2D eigenvalue weighted by atomic mass is 9.93. The molecule has 0 bridgehead atoms. The summed E-state index contributed by atoms with van der Waals surface area (Å²) in [4.78, 5) is 12.3. The van der Waals surface area contributed by atoms with Crippen LogP contribution in [0.2, 0.25) is 5.02 Å². The van der Waals surface area contributed by atoms with E-state index in [1.165, 1.54) is 19.3 Å². The molecule has 1 saturated carbocycles. The first-order valence-corrected chi connectivity index (χ1v) is 8.18. The highest BCUT2D eigenvalue weighted by molar-refractivity contribution is 6.30. The van der Waals surface area contributed by atoms with Gasteiger partial charge in [-0.15, -0.1) is 0 Å². The van der Waals surface area contributed by atoms with Crippen LogP contribution in [-0.4, -0.2) is 18.6 Å². The van der Waals surface area contributed by atoms with Gasteiger partial charge >= 0.3 is 5.97 Å². The van der Waals surface area contributed by atoms with Crippen LogP contribution in [-0.2, 0) is 9.53 Å². The molecule has 1 aliphatic carbocycles. The van der Waals surface area contributed by atoms with Crippen LogP contribution in [0.3, 0.4) is 0 Å². The number of aryl methyl sites for hydroxylation is 1. The van der Waals surface area contributed by atoms with Crippen molar-refractivity contribution in [1.82, 2.24) is 5.32 Å². The minimum atomic E-state index is -0.398. The third-order valence-electron chi connectivity index (χ3n) is 4.07. The van der Waals surface area contributed by atoms with Crippen molar-refractivity contribution in [3.63, 3.8) is 0 Å². The van der Waals surface area contributed by atoms with Crippen LogP contribution in [0.15, 0.2) is 18.2 Å². The molecule has 1 aromatic rings. The second-order valence-electron chi connectivity index (χ2n) is 5.69. The molecule has 0 amide bonds. The zero-order valence-electron chi connectivity index (χ0n) is 12.8. The highest BCUT2D eigenvalue weighted by Gasteiger charge is 2.27. The van der Waals surface area contributed by atoms with E-state index in [2.05, 4.69) is 5.32 Å². The van der Waals surface area contributed by atoms with Crippen molar-refractivity contribution in [3.8, 4) is 0 Å². The minimum Gasteiger partial charge on any atom is -0.465 e. The van der Waals surface area contributed by atoms with Crippen LogP contribution < -0.4 is 5.32 Å². The van der Waals surface area contributed by atoms with E-state index in [9.17, 15) is 4.79 Å². The Hall–Kier alpha value is -1.06. The molecule has 0 spiro atoms. The monoisotopic (exact) mass is 309 g/mol. The van der Waals surface area contributed by atoms with Gasteiger partial charge in [-0.2, -0.15) is 0 Å². The van der Waals surface area contributed by atoms with Crippen LogP contribution in [0.4, 0.5) is 0 Å². The van der Waals surface area contributed by atoms with E-state index in [4.69, 9.17) is 16.3 Å². The van der Waals surface area contributed by atoms with Crippen LogP contribution in [0.1, 0.15) is 56.2 Å². The Labute approximate surface area is 132 Å². The SMILES string of the molecule is CCOC(=O)C(NC1CCCCC1)c1ccc(Cl)cc1C. The zero-order chi connectivity index (χ0) is 15.2. The van der Waals surface area contributed by atoms with Gasteiger partial charge in [0.25, 0.3) is 0 Å². The van der Waals surface area contributed by atoms with Gasteiger partial charge in [0.2, 0.25) is 0 Å². The average molecular weight is 310 g/mol. The van der Waals surface area contributed by atoms with Gasteiger partial charge in [0.15, 0.2) is 0 Å². The number of hydrogen-bond donors (Lipinski definition) is 1. The molecular weight excluding hydrogens is 286 g/mol. The second-order valence-corrected chi connectivity index (χ2v) is 6.12. The number of halogens is 1. The van der Waals surface area contributed by atoms with Crippen molar-refractivity contribution in [2.45, 2.75) is 58.0 Å². The van der Waals surface area contributed by atoms with Crippen LogP contribution in [0.5, 0.6) is 0 Å². The molecule has 0 saturated heterocycles. The molecule has 1 atom stereocenters. The van der Waals surface area contributed by atoms with Crippen molar-refractivity contribution in [1.29, 1.82) is 0 Å². The molecule has 1 aromatic carbocycles. The molecule has 116 valence electrons. The zero-order valence-corrected chi connectivity index (χ0v) is 13.6. The molecule has 21 heavy (non-hydrogen) atoms. The summed E-state index contributed by atoms with van der Waals surface area (Å²) < 4.78 is 5.25. The van der Waals surface area contributed by atoms with Gasteiger partial charge in [-0.05, 0) is 49.9 Å². The Morgan fingerprint density at radius 1 is 1.38 bits per heavy atom. The van der Waals surface area contributed by atoms with E-state index < -0.39 is 6.04 Å². The molecular formula is C17H24ClNO2.